The predicted molar refractivity (Wildman–Crippen MR) is 105 cm³/mol. The molecule has 0 radical (unpaired) electrons. The molecule has 1 aromatic heterocycles. The van der Waals surface area contributed by atoms with Gasteiger partial charge in [0.05, 0.1) is 6.61 Å². The Morgan fingerprint density at radius 2 is 2.00 bits per heavy atom. The van der Waals surface area contributed by atoms with Crippen molar-refractivity contribution in [1.29, 1.82) is 0 Å². The van der Waals surface area contributed by atoms with Gasteiger partial charge < -0.3 is 14.4 Å². The van der Waals surface area contributed by atoms with E-state index in [9.17, 15) is 0 Å². The Labute approximate surface area is 159 Å². The van der Waals surface area contributed by atoms with E-state index >= 15 is 0 Å². The molecular formula is C21H26N2O2S. The molecule has 3 heterocycles. The second-order valence-electron chi connectivity index (χ2n) is 6.99. The molecule has 0 spiro atoms. The van der Waals surface area contributed by atoms with E-state index in [-0.39, 0.29) is 6.10 Å². The van der Waals surface area contributed by atoms with Gasteiger partial charge in [0.1, 0.15) is 16.9 Å². The number of benzene rings is 1. The Morgan fingerprint density at radius 1 is 1.19 bits per heavy atom. The zero-order valence-corrected chi connectivity index (χ0v) is 16.1. The van der Waals surface area contributed by atoms with E-state index in [0.29, 0.717) is 5.25 Å². The molecule has 0 unspecified atom stereocenters. The van der Waals surface area contributed by atoms with Gasteiger partial charge in [-0.05, 0) is 69.1 Å². The third kappa shape index (κ3) is 4.15. The fourth-order valence-electron chi connectivity index (χ4n) is 3.60. The SMILES string of the molecule is C[C@@H]1Sc2ncccc2O[C@H]1c1ccc(OCCCN2CCCC2)cc1. The minimum atomic E-state index is 0.0425. The lowest BCUT2D eigenvalue weighted by atomic mass is 10.1. The Morgan fingerprint density at radius 3 is 2.81 bits per heavy atom. The number of nitrogens with zero attached hydrogens (tertiary/aromatic N) is 2. The molecule has 2 aliphatic rings. The molecular weight excluding hydrogens is 344 g/mol. The number of hydrogen-bond acceptors (Lipinski definition) is 5. The van der Waals surface area contributed by atoms with Crippen molar-refractivity contribution in [2.45, 2.75) is 42.6 Å². The minimum absolute atomic E-state index is 0.0425. The van der Waals surface area contributed by atoms with Crippen LogP contribution in [0.15, 0.2) is 47.6 Å². The van der Waals surface area contributed by atoms with Crippen LogP contribution in [0.5, 0.6) is 11.5 Å². The van der Waals surface area contributed by atoms with Crippen LogP contribution in [0.25, 0.3) is 0 Å². The van der Waals surface area contributed by atoms with Crippen LogP contribution in [0.1, 0.15) is 37.9 Å². The summed E-state index contributed by atoms with van der Waals surface area (Å²) in [5.74, 6) is 1.82. The van der Waals surface area contributed by atoms with Crippen LogP contribution in [0.3, 0.4) is 0 Å². The number of rotatable bonds is 6. The number of fused-ring (bicyclic) bond motifs is 1. The third-order valence-electron chi connectivity index (χ3n) is 5.01. The Balaban J connectivity index is 1.31. The number of hydrogen-bond donors (Lipinski definition) is 0. The van der Waals surface area contributed by atoms with Gasteiger partial charge in [0.25, 0.3) is 0 Å². The standard InChI is InChI=1S/C21H26N2O2S/c1-16-20(25-19-6-4-11-22-21(19)26-16)17-7-9-18(10-8-17)24-15-5-14-23-12-2-3-13-23/h4,6-11,16,20H,2-3,5,12-15H2,1H3/t16-,20+/m0/s1. The van der Waals surface area contributed by atoms with Crippen LogP contribution in [-0.4, -0.2) is 41.4 Å². The van der Waals surface area contributed by atoms with Gasteiger partial charge in [-0.3, -0.25) is 0 Å². The van der Waals surface area contributed by atoms with Crippen LogP contribution in [-0.2, 0) is 0 Å². The number of ether oxygens (including phenoxy) is 2. The Hall–Kier alpha value is -1.72. The fourth-order valence-corrected chi connectivity index (χ4v) is 4.64. The molecule has 0 aliphatic carbocycles. The van der Waals surface area contributed by atoms with E-state index in [0.717, 1.165) is 36.1 Å². The zero-order chi connectivity index (χ0) is 17.8. The molecule has 5 heteroatoms. The summed E-state index contributed by atoms with van der Waals surface area (Å²) < 4.78 is 12.1. The van der Waals surface area contributed by atoms with Crippen LogP contribution in [0.2, 0.25) is 0 Å². The van der Waals surface area contributed by atoms with E-state index in [1.165, 1.54) is 31.5 Å². The van der Waals surface area contributed by atoms with Crippen molar-refractivity contribution in [2.24, 2.45) is 0 Å². The summed E-state index contributed by atoms with van der Waals surface area (Å²) in [4.78, 5) is 6.92. The van der Waals surface area contributed by atoms with Gasteiger partial charge in [0.15, 0.2) is 5.75 Å². The topological polar surface area (TPSA) is 34.6 Å². The maximum Gasteiger partial charge on any atom is 0.152 e. The van der Waals surface area contributed by atoms with Crippen molar-refractivity contribution in [2.75, 3.05) is 26.2 Å². The first-order chi connectivity index (χ1) is 12.8. The maximum atomic E-state index is 6.20. The van der Waals surface area contributed by atoms with Gasteiger partial charge in [-0.2, -0.15) is 0 Å². The van der Waals surface area contributed by atoms with Gasteiger partial charge in [0, 0.05) is 18.0 Å². The molecule has 1 saturated heterocycles. The highest BCUT2D eigenvalue weighted by Crippen LogP contribution is 2.43. The molecule has 0 amide bonds. The highest BCUT2D eigenvalue weighted by Gasteiger charge is 2.29. The van der Waals surface area contributed by atoms with Gasteiger partial charge >= 0.3 is 0 Å². The molecule has 4 rings (SSSR count). The fraction of sp³-hybridized carbons (Fsp3) is 0.476. The van der Waals surface area contributed by atoms with E-state index in [1.807, 2.05) is 18.3 Å². The minimum Gasteiger partial charge on any atom is -0.494 e. The molecule has 0 N–H and O–H groups in total. The number of likely N-dealkylation sites (tertiary alicyclic amines) is 1. The monoisotopic (exact) mass is 370 g/mol. The van der Waals surface area contributed by atoms with Gasteiger partial charge in [0.2, 0.25) is 0 Å². The number of pyridine rings is 1. The van der Waals surface area contributed by atoms with Crippen LogP contribution in [0.4, 0.5) is 0 Å². The second-order valence-corrected chi connectivity index (χ2v) is 8.35. The zero-order valence-electron chi connectivity index (χ0n) is 15.3. The maximum absolute atomic E-state index is 6.20. The summed E-state index contributed by atoms with van der Waals surface area (Å²) >= 11 is 1.78. The van der Waals surface area contributed by atoms with Crippen LogP contribution >= 0.6 is 11.8 Å². The first-order valence-electron chi connectivity index (χ1n) is 9.53. The van der Waals surface area contributed by atoms with Gasteiger partial charge in [-0.1, -0.05) is 23.9 Å². The summed E-state index contributed by atoms with van der Waals surface area (Å²) in [6, 6.07) is 12.3. The summed E-state index contributed by atoms with van der Waals surface area (Å²) in [6.45, 7) is 6.63. The predicted octanol–water partition coefficient (Wildman–Crippen LogP) is 4.56. The molecule has 2 atom stereocenters. The lowest BCUT2D eigenvalue weighted by molar-refractivity contribution is 0.193. The molecule has 0 saturated carbocycles. The van der Waals surface area contributed by atoms with Crippen molar-refractivity contribution < 1.29 is 9.47 Å². The van der Waals surface area contributed by atoms with E-state index in [2.05, 4.69) is 41.1 Å². The number of aromatic nitrogens is 1. The molecule has 1 aromatic carbocycles. The van der Waals surface area contributed by atoms with Crippen LogP contribution in [0, 0.1) is 0 Å². The normalized spacial score (nSPS) is 22.7. The molecule has 26 heavy (non-hydrogen) atoms. The van der Waals surface area contributed by atoms with Crippen molar-refractivity contribution in [3.63, 3.8) is 0 Å². The Kier molecular flexibility index (Phi) is 5.65. The number of thioether (sulfide) groups is 1. The van der Waals surface area contributed by atoms with E-state index in [1.54, 1.807) is 11.8 Å². The summed E-state index contributed by atoms with van der Waals surface area (Å²) in [7, 11) is 0. The summed E-state index contributed by atoms with van der Waals surface area (Å²) in [6.07, 6.45) is 5.65. The third-order valence-corrected chi connectivity index (χ3v) is 6.16. The van der Waals surface area contributed by atoms with Crippen molar-refractivity contribution >= 4 is 11.8 Å². The van der Waals surface area contributed by atoms with Crippen molar-refractivity contribution in [3.05, 3.63) is 48.2 Å². The first-order valence-corrected chi connectivity index (χ1v) is 10.4. The molecule has 4 nitrogen and oxygen atoms in total. The molecule has 138 valence electrons. The van der Waals surface area contributed by atoms with Gasteiger partial charge in [-0.15, -0.1) is 0 Å². The largest absolute Gasteiger partial charge is 0.494 e. The first kappa shape index (κ1) is 17.7. The lowest BCUT2D eigenvalue weighted by Crippen LogP contribution is -2.23. The van der Waals surface area contributed by atoms with Crippen LogP contribution < -0.4 is 9.47 Å². The summed E-state index contributed by atoms with van der Waals surface area (Å²) in [5.41, 5.74) is 1.18. The lowest BCUT2D eigenvalue weighted by Gasteiger charge is -2.30. The van der Waals surface area contributed by atoms with E-state index < -0.39 is 0 Å². The Bertz CT molecular complexity index is 716. The van der Waals surface area contributed by atoms with Crippen molar-refractivity contribution in [3.8, 4) is 11.5 Å². The van der Waals surface area contributed by atoms with Gasteiger partial charge in [-0.25, -0.2) is 4.98 Å². The molecule has 2 aromatic rings. The highest BCUT2D eigenvalue weighted by atomic mass is 32.2. The molecule has 2 aliphatic heterocycles. The highest BCUT2D eigenvalue weighted by molar-refractivity contribution is 8.00. The quantitative estimate of drug-likeness (QED) is 0.697. The van der Waals surface area contributed by atoms with E-state index in [4.69, 9.17) is 9.47 Å². The summed E-state index contributed by atoms with van der Waals surface area (Å²) in [5, 5.41) is 1.30. The molecule has 0 bridgehead atoms. The molecule has 1 fully saturated rings. The average Bonchev–Trinajstić information content (AvgIpc) is 3.19. The second kappa shape index (κ2) is 8.31. The smallest absolute Gasteiger partial charge is 0.152 e. The van der Waals surface area contributed by atoms with Crippen molar-refractivity contribution in [1.82, 2.24) is 9.88 Å². The average molecular weight is 371 g/mol.